The fourth-order valence-corrected chi connectivity index (χ4v) is 4.35. The maximum absolute atomic E-state index is 13.1. The molecule has 2 saturated heterocycles. The van der Waals surface area contributed by atoms with Crippen LogP contribution >= 0.6 is 0 Å². The second-order valence-electron chi connectivity index (χ2n) is 7.50. The van der Waals surface area contributed by atoms with Crippen LogP contribution in [0.3, 0.4) is 0 Å². The van der Waals surface area contributed by atoms with Crippen LogP contribution in [0.5, 0.6) is 0 Å². The number of carbonyl (C=O) groups is 1. The van der Waals surface area contributed by atoms with Crippen LogP contribution in [0.15, 0.2) is 28.7 Å². The smallest absolute Gasteiger partial charge is 0.257 e. The summed E-state index contributed by atoms with van der Waals surface area (Å²) < 4.78 is 5.76. The average Bonchev–Trinajstić information content (AvgIpc) is 3.32. The highest BCUT2D eigenvalue weighted by Crippen LogP contribution is 2.29. The third-order valence-electron chi connectivity index (χ3n) is 5.69. The van der Waals surface area contributed by atoms with E-state index >= 15 is 0 Å². The van der Waals surface area contributed by atoms with Crippen molar-refractivity contribution in [2.45, 2.75) is 19.8 Å². The molecule has 0 saturated carbocycles. The minimum absolute atomic E-state index is 0.0160. The number of nitrogens with zero attached hydrogens (tertiary/aromatic N) is 2. The summed E-state index contributed by atoms with van der Waals surface area (Å²) in [5.41, 5.74) is 1.30. The molecule has 0 radical (unpaired) electrons. The monoisotopic (exact) mass is 342 g/mol. The maximum atomic E-state index is 13.1. The van der Waals surface area contributed by atoms with E-state index in [9.17, 15) is 9.90 Å². The molecule has 0 unspecified atom stereocenters. The van der Waals surface area contributed by atoms with Crippen molar-refractivity contribution in [1.29, 1.82) is 0 Å². The summed E-state index contributed by atoms with van der Waals surface area (Å²) in [6.07, 6.45) is 2.53. The van der Waals surface area contributed by atoms with Crippen molar-refractivity contribution < 1.29 is 14.3 Å². The Morgan fingerprint density at radius 3 is 2.76 bits per heavy atom. The van der Waals surface area contributed by atoms with Gasteiger partial charge in [0.2, 0.25) is 0 Å². The topological polar surface area (TPSA) is 56.9 Å². The number of likely N-dealkylation sites (tertiary alicyclic amines) is 2. The van der Waals surface area contributed by atoms with Crippen LogP contribution in [0.1, 0.15) is 29.0 Å². The quantitative estimate of drug-likeness (QED) is 0.928. The summed E-state index contributed by atoms with van der Waals surface area (Å²) in [6, 6.07) is 7.68. The SMILES string of the molecule is Cc1cc2cccc(C(=O)N3C[C@@H](CN4CCCC4)[C@@H](CO)C3)c2o1. The standard InChI is InChI=1S/C20H26N2O3/c1-14-9-15-5-4-6-18(19(15)25-14)20(24)22-11-16(17(12-22)13-23)10-21-7-2-3-8-21/h4-6,9,16-17,23H,2-3,7-8,10-13H2,1H3/t16-,17-/m1/s1. The van der Waals surface area contributed by atoms with Gasteiger partial charge in [-0.1, -0.05) is 12.1 Å². The lowest BCUT2D eigenvalue weighted by Gasteiger charge is -2.22. The first-order valence-electron chi connectivity index (χ1n) is 9.27. The zero-order valence-corrected chi connectivity index (χ0v) is 14.8. The molecule has 0 spiro atoms. The third kappa shape index (κ3) is 3.18. The van der Waals surface area contributed by atoms with Crippen LogP contribution < -0.4 is 0 Å². The molecule has 0 bridgehead atoms. The van der Waals surface area contributed by atoms with Crippen molar-refractivity contribution in [2.24, 2.45) is 11.8 Å². The number of benzene rings is 1. The van der Waals surface area contributed by atoms with Gasteiger partial charge in [-0.15, -0.1) is 0 Å². The summed E-state index contributed by atoms with van der Waals surface area (Å²) in [5, 5.41) is 10.7. The molecule has 134 valence electrons. The number of aryl methyl sites for hydroxylation is 1. The predicted octanol–water partition coefficient (Wildman–Crippen LogP) is 2.52. The molecule has 25 heavy (non-hydrogen) atoms. The molecule has 1 aromatic heterocycles. The number of rotatable bonds is 4. The molecule has 2 aliphatic rings. The minimum atomic E-state index is 0.0160. The van der Waals surface area contributed by atoms with Crippen LogP contribution in [0.25, 0.3) is 11.0 Å². The number of para-hydroxylation sites is 1. The molecular formula is C20H26N2O3. The van der Waals surface area contributed by atoms with E-state index in [0.717, 1.165) is 37.3 Å². The second-order valence-corrected chi connectivity index (χ2v) is 7.50. The first-order valence-corrected chi connectivity index (χ1v) is 9.27. The second kappa shape index (κ2) is 6.81. The third-order valence-corrected chi connectivity index (χ3v) is 5.69. The van der Waals surface area contributed by atoms with E-state index in [-0.39, 0.29) is 18.4 Å². The lowest BCUT2D eigenvalue weighted by Crippen LogP contribution is -2.32. The Labute approximate surface area is 148 Å². The molecular weight excluding hydrogens is 316 g/mol. The first kappa shape index (κ1) is 16.6. The van der Waals surface area contributed by atoms with Gasteiger partial charge in [-0.25, -0.2) is 0 Å². The van der Waals surface area contributed by atoms with E-state index in [1.54, 1.807) is 0 Å². The number of furan rings is 1. The Morgan fingerprint density at radius 2 is 2.00 bits per heavy atom. The normalized spacial score (nSPS) is 24.5. The predicted molar refractivity (Wildman–Crippen MR) is 96.6 cm³/mol. The van der Waals surface area contributed by atoms with Gasteiger partial charge in [0.15, 0.2) is 0 Å². The molecule has 2 aromatic rings. The molecule has 2 fully saturated rings. The van der Waals surface area contributed by atoms with Gasteiger partial charge in [-0.2, -0.15) is 0 Å². The van der Waals surface area contributed by atoms with Crippen LogP contribution in [0.4, 0.5) is 0 Å². The number of aliphatic hydroxyl groups is 1. The molecule has 5 nitrogen and oxygen atoms in total. The van der Waals surface area contributed by atoms with Crippen molar-refractivity contribution in [2.75, 3.05) is 39.3 Å². The lowest BCUT2D eigenvalue weighted by molar-refractivity contribution is 0.0780. The number of amides is 1. The average molecular weight is 342 g/mol. The van der Waals surface area contributed by atoms with Gasteiger partial charge in [-0.05, 0) is 50.9 Å². The minimum Gasteiger partial charge on any atom is -0.461 e. The number of hydrogen-bond donors (Lipinski definition) is 1. The highest BCUT2D eigenvalue weighted by atomic mass is 16.3. The fraction of sp³-hybridized carbons (Fsp3) is 0.550. The molecule has 5 heteroatoms. The van der Waals surface area contributed by atoms with E-state index in [1.807, 2.05) is 36.1 Å². The fourth-order valence-electron chi connectivity index (χ4n) is 4.35. The van der Waals surface area contributed by atoms with Crippen molar-refractivity contribution in [3.63, 3.8) is 0 Å². The summed E-state index contributed by atoms with van der Waals surface area (Å²) in [6.45, 7) is 6.67. The van der Waals surface area contributed by atoms with Gasteiger partial charge in [0, 0.05) is 37.5 Å². The Morgan fingerprint density at radius 1 is 1.24 bits per heavy atom. The van der Waals surface area contributed by atoms with Crippen molar-refractivity contribution in [3.8, 4) is 0 Å². The van der Waals surface area contributed by atoms with Gasteiger partial charge < -0.3 is 19.3 Å². The van der Waals surface area contributed by atoms with Crippen molar-refractivity contribution in [1.82, 2.24) is 9.80 Å². The summed E-state index contributed by atoms with van der Waals surface area (Å²) in [5.74, 6) is 1.35. The molecule has 2 aliphatic heterocycles. The number of hydrogen-bond acceptors (Lipinski definition) is 4. The first-order chi connectivity index (χ1) is 12.2. The van der Waals surface area contributed by atoms with E-state index in [4.69, 9.17) is 4.42 Å². The summed E-state index contributed by atoms with van der Waals surface area (Å²) >= 11 is 0. The van der Waals surface area contributed by atoms with E-state index in [2.05, 4.69) is 4.90 Å². The van der Waals surface area contributed by atoms with Gasteiger partial charge >= 0.3 is 0 Å². The van der Waals surface area contributed by atoms with E-state index in [1.165, 1.54) is 12.8 Å². The number of carbonyl (C=O) groups excluding carboxylic acids is 1. The molecule has 1 N–H and O–H groups in total. The Kier molecular flexibility index (Phi) is 4.52. The highest BCUT2D eigenvalue weighted by Gasteiger charge is 2.37. The van der Waals surface area contributed by atoms with Crippen LogP contribution in [-0.4, -0.2) is 60.1 Å². The summed E-state index contributed by atoms with van der Waals surface area (Å²) in [7, 11) is 0. The van der Waals surface area contributed by atoms with Gasteiger partial charge in [0.1, 0.15) is 11.3 Å². The van der Waals surface area contributed by atoms with Crippen LogP contribution in [0.2, 0.25) is 0 Å². The van der Waals surface area contributed by atoms with Crippen LogP contribution in [-0.2, 0) is 0 Å². The number of fused-ring (bicyclic) bond motifs is 1. The zero-order valence-electron chi connectivity index (χ0n) is 14.8. The Bertz CT molecular complexity index is 763. The van der Waals surface area contributed by atoms with Crippen LogP contribution in [0, 0.1) is 18.8 Å². The number of aliphatic hydroxyl groups excluding tert-OH is 1. The van der Waals surface area contributed by atoms with Crippen molar-refractivity contribution in [3.05, 3.63) is 35.6 Å². The van der Waals surface area contributed by atoms with E-state index < -0.39 is 0 Å². The molecule has 1 amide bonds. The highest BCUT2D eigenvalue weighted by molar-refractivity contribution is 6.05. The van der Waals surface area contributed by atoms with Gasteiger partial charge in [0.25, 0.3) is 5.91 Å². The van der Waals surface area contributed by atoms with E-state index in [0.29, 0.717) is 23.6 Å². The molecule has 0 aliphatic carbocycles. The Balaban J connectivity index is 1.53. The molecule has 1 aromatic carbocycles. The summed E-state index contributed by atoms with van der Waals surface area (Å²) in [4.78, 5) is 17.5. The molecule has 3 heterocycles. The lowest BCUT2D eigenvalue weighted by atomic mass is 9.96. The zero-order chi connectivity index (χ0) is 17.4. The van der Waals surface area contributed by atoms with Gasteiger partial charge in [-0.3, -0.25) is 4.79 Å². The molecule has 2 atom stereocenters. The molecule has 4 rings (SSSR count). The van der Waals surface area contributed by atoms with Crippen molar-refractivity contribution >= 4 is 16.9 Å². The largest absolute Gasteiger partial charge is 0.461 e. The van der Waals surface area contributed by atoms with Gasteiger partial charge in [0.05, 0.1) is 5.56 Å². The maximum Gasteiger partial charge on any atom is 0.257 e. The Hall–Kier alpha value is -1.85.